The topological polar surface area (TPSA) is 0 Å². The van der Waals surface area contributed by atoms with Gasteiger partial charge < -0.3 is 0 Å². The third-order valence-corrected chi connectivity index (χ3v) is 4.27. The van der Waals surface area contributed by atoms with E-state index < -0.39 is 0 Å². The van der Waals surface area contributed by atoms with Crippen LogP contribution in [0.1, 0.15) is 25.8 Å². The molecule has 13 heavy (non-hydrogen) atoms. The lowest BCUT2D eigenvalue weighted by Gasteiger charge is -2.30. The molecule has 0 N–H and O–H groups in total. The molecule has 0 saturated carbocycles. The van der Waals surface area contributed by atoms with Crippen molar-refractivity contribution in [3.63, 3.8) is 0 Å². The summed E-state index contributed by atoms with van der Waals surface area (Å²) >= 11 is 5.51. The molecule has 1 aliphatic heterocycles. The standard InChI is InChI=1S/C11H13BrS/c1-11(2)6-5-8-7-9(12)3-4-10(8)13-11/h3-4,7H,5-6H2,1-2H3. The van der Waals surface area contributed by atoms with Gasteiger partial charge in [-0.3, -0.25) is 0 Å². The summed E-state index contributed by atoms with van der Waals surface area (Å²) < 4.78 is 1.62. The fourth-order valence-corrected chi connectivity index (χ4v) is 3.26. The quantitative estimate of drug-likeness (QED) is 0.669. The molecule has 2 rings (SSSR count). The van der Waals surface area contributed by atoms with Crippen LogP contribution < -0.4 is 0 Å². The molecule has 1 aromatic carbocycles. The minimum atomic E-state index is 0.417. The zero-order valence-electron chi connectivity index (χ0n) is 7.93. The second kappa shape index (κ2) is 3.32. The summed E-state index contributed by atoms with van der Waals surface area (Å²) in [5.41, 5.74) is 1.50. The Morgan fingerprint density at radius 1 is 1.38 bits per heavy atom. The number of thioether (sulfide) groups is 1. The second-order valence-corrected chi connectivity index (χ2v) is 6.78. The molecule has 0 aliphatic carbocycles. The minimum Gasteiger partial charge on any atom is -0.120 e. The Kier molecular flexibility index (Phi) is 2.45. The first-order valence-electron chi connectivity index (χ1n) is 4.54. The molecule has 0 spiro atoms. The summed E-state index contributed by atoms with van der Waals surface area (Å²) in [5.74, 6) is 0. The van der Waals surface area contributed by atoms with Crippen LogP contribution in [0.4, 0.5) is 0 Å². The fourth-order valence-electron chi connectivity index (χ4n) is 1.63. The molecule has 0 atom stereocenters. The second-order valence-electron chi connectivity index (χ2n) is 4.11. The van der Waals surface area contributed by atoms with Gasteiger partial charge in [0.15, 0.2) is 0 Å². The van der Waals surface area contributed by atoms with E-state index in [4.69, 9.17) is 0 Å². The van der Waals surface area contributed by atoms with Gasteiger partial charge in [0.1, 0.15) is 0 Å². The maximum absolute atomic E-state index is 3.51. The maximum atomic E-state index is 3.51. The van der Waals surface area contributed by atoms with E-state index in [9.17, 15) is 0 Å². The van der Waals surface area contributed by atoms with E-state index in [1.807, 2.05) is 11.8 Å². The molecule has 0 saturated heterocycles. The van der Waals surface area contributed by atoms with E-state index in [0.29, 0.717) is 4.75 Å². The van der Waals surface area contributed by atoms with Gasteiger partial charge in [-0.2, -0.15) is 0 Å². The van der Waals surface area contributed by atoms with Crippen LogP contribution in [0.15, 0.2) is 27.6 Å². The predicted molar refractivity (Wildman–Crippen MR) is 62.4 cm³/mol. The monoisotopic (exact) mass is 256 g/mol. The summed E-state index contributed by atoms with van der Waals surface area (Å²) in [6, 6.07) is 6.61. The van der Waals surface area contributed by atoms with E-state index in [0.717, 1.165) is 0 Å². The molecule has 1 aliphatic rings. The first kappa shape index (κ1) is 9.60. The highest BCUT2D eigenvalue weighted by atomic mass is 79.9. The predicted octanol–water partition coefficient (Wildman–Crippen LogP) is 4.27. The van der Waals surface area contributed by atoms with Crippen LogP contribution in [0.2, 0.25) is 0 Å². The lowest BCUT2D eigenvalue weighted by atomic mass is 10.0. The van der Waals surface area contributed by atoms with E-state index in [1.54, 1.807) is 0 Å². The van der Waals surface area contributed by atoms with Crippen molar-refractivity contribution in [2.45, 2.75) is 36.3 Å². The molecular formula is C11H13BrS. The first-order chi connectivity index (χ1) is 6.07. The summed E-state index contributed by atoms with van der Waals surface area (Å²) in [6.07, 6.45) is 2.50. The Bertz CT molecular complexity index is 331. The minimum absolute atomic E-state index is 0.417. The van der Waals surface area contributed by atoms with Gasteiger partial charge in [0, 0.05) is 14.1 Å². The number of hydrogen-bond donors (Lipinski definition) is 0. The molecule has 2 heteroatoms. The van der Waals surface area contributed by atoms with Crippen LogP contribution >= 0.6 is 27.7 Å². The Morgan fingerprint density at radius 3 is 2.92 bits per heavy atom. The van der Waals surface area contributed by atoms with Gasteiger partial charge in [-0.05, 0) is 36.6 Å². The maximum Gasteiger partial charge on any atom is 0.0178 e. The molecule has 1 aromatic rings. The zero-order valence-corrected chi connectivity index (χ0v) is 10.3. The van der Waals surface area contributed by atoms with Crippen LogP contribution in [0.3, 0.4) is 0 Å². The zero-order chi connectivity index (χ0) is 9.47. The molecular weight excluding hydrogens is 244 g/mol. The van der Waals surface area contributed by atoms with Gasteiger partial charge in [0.05, 0.1) is 0 Å². The van der Waals surface area contributed by atoms with Crippen molar-refractivity contribution in [3.05, 3.63) is 28.2 Å². The van der Waals surface area contributed by atoms with Crippen molar-refractivity contribution in [3.8, 4) is 0 Å². The Hall–Kier alpha value is 0.0500. The largest absolute Gasteiger partial charge is 0.120 e. The van der Waals surface area contributed by atoms with E-state index in [1.165, 1.54) is 27.8 Å². The van der Waals surface area contributed by atoms with Crippen molar-refractivity contribution in [2.24, 2.45) is 0 Å². The number of benzene rings is 1. The van der Waals surface area contributed by atoms with Gasteiger partial charge in [-0.1, -0.05) is 29.8 Å². The number of fused-ring (bicyclic) bond motifs is 1. The summed E-state index contributed by atoms with van der Waals surface area (Å²) in [4.78, 5) is 1.46. The smallest absolute Gasteiger partial charge is 0.0178 e. The molecule has 0 aromatic heterocycles. The van der Waals surface area contributed by atoms with Crippen LogP contribution in [0.25, 0.3) is 0 Å². The third-order valence-electron chi connectivity index (χ3n) is 2.41. The van der Waals surface area contributed by atoms with Gasteiger partial charge in [-0.25, -0.2) is 0 Å². The Balaban J connectivity index is 2.37. The van der Waals surface area contributed by atoms with E-state index in [2.05, 4.69) is 48.0 Å². The highest BCUT2D eigenvalue weighted by Crippen LogP contribution is 2.43. The number of halogens is 1. The number of aryl methyl sites for hydroxylation is 1. The van der Waals surface area contributed by atoms with Crippen LogP contribution in [0.5, 0.6) is 0 Å². The summed E-state index contributed by atoms with van der Waals surface area (Å²) in [7, 11) is 0. The van der Waals surface area contributed by atoms with Crippen molar-refractivity contribution < 1.29 is 0 Å². The van der Waals surface area contributed by atoms with Crippen molar-refractivity contribution in [1.82, 2.24) is 0 Å². The molecule has 0 radical (unpaired) electrons. The highest BCUT2D eigenvalue weighted by molar-refractivity contribution is 9.10. The first-order valence-corrected chi connectivity index (χ1v) is 6.15. The third kappa shape index (κ3) is 2.10. The number of hydrogen-bond acceptors (Lipinski definition) is 1. The SMILES string of the molecule is CC1(C)CCc2cc(Br)ccc2S1. The summed E-state index contributed by atoms with van der Waals surface area (Å²) in [6.45, 7) is 4.64. The fraction of sp³-hybridized carbons (Fsp3) is 0.455. The average Bonchev–Trinajstić information content (AvgIpc) is 2.05. The van der Waals surface area contributed by atoms with Crippen molar-refractivity contribution in [2.75, 3.05) is 0 Å². The normalized spacial score (nSPS) is 19.6. The van der Waals surface area contributed by atoms with E-state index >= 15 is 0 Å². The summed E-state index contributed by atoms with van der Waals surface area (Å²) in [5, 5.41) is 0. The van der Waals surface area contributed by atoms with Gasteiger partial charge in [0.2, 0.25) is 0 Å². The Labute approximate surface area is 92.2 Å². The molecule has 0 bridgehead atoms. The highest BCUT2D eigenvalue weighted by Gasteiger charge is 2.25. The molecule has 0 unspecified atom stereocenters. The van der Waals surface area contributed by atoms with Crippen LogP contribution in [-0.4, -0.2) is 4.75 Å². The van der Waals surface area contributed by atoms with Gasteiger partial charge >= 0.3 is 0 Å². The number of rotatable bonds is 0. The van der Waals surface area contributed by atoms with Crippen LogP contribution in [0, 0.1) is 0 Å². The lowest BCUT2D eigenvalue weighted by molar-refractivity contribution is 0.621. The Morgan fingerprint density at radius 2 is 2.15 bits per heavy atom. The van der Waals surface area contributed by atoms with Crippen molar-refractivity contribution >= 4 is 27.7 Å². The lowest BCUT2D eigenvalue weighted by Crippen LogP contribution is -2.19. The molecule has 70 valence electrons. The molecule has 0 fully saturated rings. The van der Waals surface area contributed by atoms with E-state index in [-0.39, 0.29) is 0 Å². The molecule has 0 nitrogen and oxygen atoms in total. The average molecular weight is 257 g/mol. The van der Waals surface area contributed by atoms with Crippen LogP contribution in [-0.2, 0) is 6.42 Å². The van der Waals surface area contributed by atoms with Gasteiger partial charge in [-0.15, -0.1) is 11.8 Å². The molecule has 1 heterocycles. The van der Waals surface area contributed by atoms with Gasteiger partial charge in [0.25, 0.3) is 0 Å². The molecule has 0 amide bonds. The van der Waals surface area contributed by atoms with Crippen molar-refractivity contribution in [1.29, 1.82) is 0 Å².